The third-order valence-electron chi connectivity index (χ3n) is 5.26. The van der Waals surface area contributed by atoms with E-state index >= 15 is 0 Å². The number of benzene rings is 1. The Labute approximate surface area is 153 Å². The van der Waals surface area contributed by atoms with Crippen molar-refractivity contribution in [3.05, 3.63) is 40.4 Å². The standard InChI is InChI=1S/C18H20N6OS/c1-11-15-16(22(2)21-11)20-18(26-15)23-9-7-12(8-10-23)24-14-6-4-3-5-13(14)19-17(24)25/h3-6,12H,7-10H2,1-2H3,(H,19,25). The number of fused-ring (bicyclic) bond motifs is 2. The predicted molar refractivity (Wildman–Crippen MR) is 104 cm³/mol. The summed E-state index contributed by atoms with van der Waals surface area (Å²) in [6, 6.07) is 8.14. The quantitative estimate of drug-likeness (QED) is 0.591. The third-order valence-corrected chi connectivity index (χ3v) is 6.47. The Hall–Kier alpha value is -2.61. The molecular formula is C18H20N6OS. The summed E-state index contributed by atoms with van der Waals surface area (Å²) in [7, 11) is 1.94. The number of rotatable bonds is 2. The molecule has 3 aromatic heterocycles. The summed E-state index contributed by atoms with van der Waals surface area (Å²) in [4.78, 5) is 22.5. The molecule has 1 aromatic carbocycles. The predicted octanol–water partition coefficient (Wildman–Crippen LogP) is 2.82. The van der Waals surface area contributed by atoms with Gasteiger partial charge in [-0.3, -0.25) is 4.57 Å². The SMILES string of the molecule is Cc1nn(C)c2nc(N3CCC(n4c(=O)[nH]c5ccccc54)CC3)sc12. The van der Waals surface area contributed by atoms with Gasteiger partial charge < -0.3 is 9.88 Å². The maximum absolute atomic E-state index is 12.4. The fourth-order valence-corrected chi connectivity index (χ4v) is 5.05. The summed E-state index contributed by atoms with van der Waals surface area (Å²) in [6.45, 7) is 3.84. The van der Waals surface area contributed by atoms with Gasteiger partial charge in [0.25, 0.3) is 0 Å². The Morgan fingerprint density at radius 2 is 2.00 bits per heavy atom. The van der Waals surface area contributed by atoms with E-state index in [0.29, 0.717) is 0 Å². The number of anilines is 1. The second kappa shape index (κ2) is 5.70. The van der Waals surface area contributed by atoms with E-state index in [4.69, 9.17) is 4.98 Å². The minimum Gasteiger partial charge on any atom is -0.348 e. The van der Waals surface area contributed by atoms with E-state index < -0.39 is 0 Å². The molecule has 8 heteroatoms. The summed E-state index contributed by atoms with van der Waals surface area (Å²) >= 11 is 1.71. The molecule has 7 nitrogen and oxygen atoms in total. The molecule has 1 saturated heterocycles. The highest BCUT2D eigenvalue weighted by Gasteiger charge is 2.26. The summed E-state index contributed by atoms with van der Waals surface area (Å²) in [5.41, 5.74) is 3.89. The van der Waals surface area contributed by atoms with Crippen molar-refractivity contribution in [1.29, 1.82) is 0 Å². The van der Waals surface area contributed by atoms with Crippen LogP contribution in [0.1, 0.15) is 24.6 Å². The zero-order chi connectivity index (χ0) is 17.8. The second-order valence-corrected chi connectivity index (χ2v) is 7.87. The Bertz CT molecular complexity index is 1120. The summed E-state index contributed by atoms with van der Waals surface area (Å²) < 4.78 is 4.94. The number of aromatic amines is 1. The monoisotopic (exact) mass is 368 g/mol. The second-order valence-electron chi connectivity index (χ2n) is 6.89. The maximum atomic E-state index is 12.4. The molecule has 1 fully saturated rings. The number of nitrogens with one attached hydrogen (secondary N) is 1. The molecular weight excluding hydrogens is 348 g/mol. The third kappa shape index (κ3) is 2.28. The number of hydrogen-bond acceptors (Lipinski definition) is 5. The minimum atomic E-state index is -0.00802. The number of para-hydroxylation sites is 2. The number of imidazole rings is 1. The highest BCUT2D eigenvalue weighted by Crippen LogP contribution is 2.34. The average molecular weight is 368 g/mol. The van der Waals surface area contributed by atoms with Crippen molar-refractivity contribution < 1.29 is 0 Å². The number of hydrogen-bond donors (Lipinski definition) is 1. The largest absolute Gasteiger partial charge is 0.348 e. The first-order chi connectivity index (χ1) is 12.6. The zero-order valence-corrected chi connectivity index (χ0v) is 15.6. The van der Waals surface area contributed by atoms with E-state index in [2.05, 4.69) is 15.0 Å². The van der Waals surface area contributed by atoms with Gasteiger partial charge in [0.15, 0.2) is 10.8 Å². The van der Waals surface area contributed by atoms with Crippen LogP contribution in [0.2, 0.25) is 0 Å². The maximum Gasteiger partial charge on any atom is 0.326 e. The molecule has 0 unspecified atom stereocenters. The van der Waals surface area contributed by atoms with E-state index in [0.717, 1.165) is 58.1 Å². The molecule has 1 N–H and O–H groups in total. The fraction of sp³-hybridized carbons (Fsp3) is 0.389. The van der Waals surface area contributed by atoms with Crippen LogP contribution in [0, 0.1) is 6.92 Å². The number of nitrogens with zero attached hydrogens (tertiary/aromatic N) is 5. The Balaban J connectivity index is 1.41. The van der Waals surface area contributed by atoms with Gasteiger partial charge in [0.1, 0.15) is 0 Å². The first-order valence-electron chi connectivity index (χ1n) is 8.86. The van der Waals surface area contributed by atoms with Crippen molar-refractivity contribution in [3.63, 3.8) is 0 Å². The number of aryl methyl sites for hydroxylation is 2. The van der Waals surface area contributed by atoms with Crippen LogP contribution < -0.4 is 10.6 Å². The first-order valence-corrected chi connectivity index (χ1v) is 9.68. The number of thiazole rings is 1. The minimum absolute atomic E-state index is 0.00802. The molecule has 4 aromatic rings. The van der Waals surface area contributed by atoms with E-state index in [1.165, 1.54) is 0 Å². The number of piperidine rings is 1. The molecule has 0 saturated carbocycles. The van der Waals surface area contributed by atoms with Gasteiger partial charge in [0.05, 0.1) is 21.4 Å². The van der Waals surface area contributed by atoms with Crippen molar-refractivity contribution >= 4 is 37.8 Å². The first kappa shape index (κ1) is 15.6. The highest BCUT2D eigenvalue weighted by atomic mass is 32.1. The van der Waals surface area contributed by atoms with Crippen LogP contribution in [0.3, 0.4) is 0 Å². The number of aromatic nitrogens is 5. The van der Waals surface area contributed by atoms with Gasteiger partial charge in [-0.2, -0.15) is 5.10 Å². The van der Waals surface area contributed by atoms with Gasteiger partial charge in [0, 0.05) is 26.2 Å². The summed E-state index contributed by atoms with van der Waals surface area (Å²) in [5.74, 6) is 0. The Morgan fingerprint density at radius 1 is 1.23 bits per heavy atom. The molecule has 4 heterocycles. The van der Waals surface area contributed by atoms with Crippen LogP contribution in [0.5, 0.6) is 0 Å². The van der Waals surface area contributed by atoms with Gasteiger partial charge >= 0.3 is 5.69 Å². The van der Waals surface area contributed by atoms with E-state index in [1.54, 1.807) is 11.3 Å². The van der Waals surface area contributed by atoms with E-state index in [1.807, 2.05) is 47.5 Å². The molecule has 134 valence electrons. The normalized spacial score (nSPS) is 16.2. The van der Waals surface area contributed by atoms with Gasteiger partial charge in [0.2, 0.25) is 0 Å². The van der Waals surface area contributed by atoms with Crippen molar-refractivity contribution in [2.45, 2.75) is 25.8 Å². The number of H-pyrrole nitrogens is 1. The molecule has 0 bridgehead atoms. The lowest BCUT2D eigenvalue weighted by Crippen LogP contribution is -2.37. The summed E-state index contributed by atoms with van der Waals surface area (Å²) in [6.07, 6.45) is 1.88. The molecule has 1 aliphatic rings. The average Bonchev–Trinajstić information content (AvgIpc) is 3.29. The molecule has 1 aliphatic heterocycles. The van der Waals surface area contributed by atoms with Crippen LogP contribution in [-0.2, 0) is 7.05 Å². The molecule has 0 amide bonds. The van der Waals surface area contributed by atoms with Crippen LogP contribution in [0.4, 0.5) is 5.13 Å². The molecule has 0 spiro atoms. The van der Waals surface area contributed by atoms with Crippen LogP contribution in [-0.4, -0.2) is 37.4 Å². The topological polar surface area (TPSA) is 71.7 Å². The lowest BCUT2D eigenvalue weighted by Gasteiger charge is -2.32. The van der Waals surface area contributed by atoms with Gasteiger partial charge in [-0.15, -0.1) is 0 Å². The van der Waals surface area contributed by atoms with Crippen molar-refractivity contribution in [3.8, 4) is 0 Å². The van der Waals surface area contributed by atoms with Gasteiger partial charge in [-0.05, 0) is 31.9 Å². The lowest BCUT2D eigenvalue weighted by atomic mass is 10.1. The molecule has 5 rings (SSSR count). The summed E-state index contributed by atoms with van der Waals surface area (Å²) in [5, 5.41) is 5.48. The lowest BCUT2D eigenvalue weighted by molar-refractivity contribution is 0.396. The van der Waals surface area contributed by atoms with E-state index in [9.17, 15) is 4.79 Å². The van der Waals surface area contributed by atoms with Crippen molar-refractivity contribution in [1.82, 2.24) is 24.3 Å². The molecule has 0 aliphatic carbocycles. The molecule has 0 atom stereocenters. The van der Waals surface area contributed by atoms with Crippen molar-refractivity contribution in [2.24, 2.45) is 7.05 Å². The van der Waals surface area contributed by atoms with Crippen LogP contribution >= 0.6 is 11.3 Å². The fourth-order valence-electron chi connectivity index (χ4n) is 3.96. The Kier molecular flexibility index (Phi) is 3.43. The molecule has 0 radical (unpaired) electrons. The van der Waals surface area contributed by atoms with Gasteiger partial charge in [-0.1, -0.05) is 23.5 Å². The zero-order valence-electron chi connectivity index (χ0n) is 14.8. The van der Waals surface area contributed by atoms with Crippen LogP contribution in [0.25, 0.3) is 21.4 Å². The van der Waals surface area contributed by atoms with E-state index in [-0.39, 0.29) is 11.7 Å². The van der Waals surface area contributed by atoms with Crippen molar-refractivity contribution in [2.75, 3.05) is 18.0 Å². The molecule has 26 heavy (non-hydrogen) atoms. The highest BCUT2D eigenvalue weighted by molar-refractivity contribution is 7.22. The van der Waals surface area contributed by atoms with Crippen LogP contribution in [0.15, 0.2) is 29.1 Å². The Morgan fingerprint density at radius 3 is 2.77 bits per heavy atom. The smallest absolute Gasteiger partial charge is 0.326 e. The van der Waals surface area contributed by atoms with Gasteiger partial charge in [-0.25, -0.2) is 14.5 Å².